The van der Waals surface area contributed by atoms with E-state index in [2.05, 4.69) is 96.5 Å². The van der Waals surface area contributed by atoms with Crippen LogP contribution in [0.1, 0.15) is 48.3 Å². The Morgan fingerprint density at radius 1 is 1.00 bits per heavy atom. The van der Waals surface area contributed by atoms with Gasteiger partial charge in [0.15, 0.2) is 0 Å². The summed E-state index contributed by atoms with van der Waals surface area (Å²) in [6.07, 6.45) is 11.2. The maximum atomic E-state index is 13.7. The molecule has 0 saturated heterocycles. The maximum absolute atomic E-state index is 13.7. The molecule has 1 aromatic heterocycles. The van der Waals surface area contributed by atoms with E-state index in [4.69, 9.17) is 11.6 Å². The molecule has 2 heterocycles. The number of hydrogen-bond donors (Lipinski definition) is 0. The Morgan fingerprint density at radius 3 is 2.21 bits per heavy atom. The van der Waals surface area contributed by atoms with E-state index < -0.39 is 5.41 Å². The second-order valence-corrected chi connectivity index (χ2v) is 11.4. The molecular weight excluding hydrogens is 488 g/mol. The van der Waals surface area contributed by atoms with Crippen LogP contribution in [0.2, 0.25) is 0 Å². The van der Waals surface area contributed by atoms with Crippen LogP contribution in [0, 0.1) is 11.3 Å². The summed E-state index contributed by atoms with van der Waals surface area (Å²) in [4.78, 5) is 20.5. The van der Waals surface area contributed by atoms with Gasteiger partial charge in [-0.05, 0) is 66.5 Å². The smallest absolute Gasteiger partial charge is 0.205 e. The number of hydrogen-bond acceptors (Lipinski definition) is 3. The molecule has 0 fully saturated rings. The minimum Gasteiger partial charge on any atom is -0.344 e. The lowest BCUT2D eigenvalue weighted by molar-refractivity contribution is 0.103. The first-order valence-corrected chi connectivity index (χ1v) is 14.0. The van der Waals surface area contributed by atoms with Crippen molar-refractivity contribution in [2.45, 2.75) is 44.9 Å². The highest BCUT2D eigenvalue weighted by atomic mass is 35.5. The molecule has 194 valence electrons. The van der Waals surface area contributed by atoms with Gasteiger partial charge < -0.3 is 4.90 Å². The number of ketones is 1. The molecule has 1 atom stereocenters. The first kappa shape index (κ1) is 26.2. The van der Waals surface area contributed by atoms with Gasteiger partial charge in [-0.2, -0.15) is 0 Å². The van der Waals surface area contributed by atoms with Crippen molar-refractivity contribution in [1.29, 1.82) is 0 Å². The summed E-state index contributed by atoms with van der Waals surface area (Å²) in [6, 6.07) is 26.8. The Balaban J connectivity index is 1.72. The van der Waals surface area contributed by atoms with Gasteiger partial charge >= 0.3 is 0 Å². The number of pyridine rings is 1. The average molecular weight is 523 g/mol. The first-order chi connectivity index (χ1) is 18.5. The average Bonchev–Trinajstić information content (AvgIpc) is 3.16. The standard InChI is InChI=1S/C34H35ClN2O/c1-25(2)18-20-37-31-17-16-28(35)21-29(31)34(23-26-11-5-3-6-12-26,24-27-13-7-4-8-14-27)33(37)22-32(38)30-15-9-10-19-36-30/h3-17,19,22,25,28H,18,20-21,23-24H2,1-2H3/b33-22-. The van der Waals surface area contributed by atoms with Crippen molar-refractivity contribution in [3.8, 4) is 0 Å². The number of allylic oxidation sites excluding steroid dienone is 4. The summed E-state index contributed by atoms with van der Waals surface area (Å²) in [7, 11) is 0. The molecular formula is C34H35ClN2O. The van der Waals surface area contributed by atoms with Gasteiger partial charge in [-0.15, -0.1) is 11.6 Å². The molecule has 0 saturated carbocycles. The van der Waals surface area contributed by atoms with Crippen LogP contribution in [0.4, 0.5) is 0 Å². The normalized spacial score (nSPS) is 19.3. The van der Waals surface area contributed by atoms with Crippen molar-refractivity contribution >= 4 is 17.4 Å². The van der Waals surface area contributed by atoms with Gasteiger partial charge in [-0.25, -0.2) is 0 Å². The van der Waals surface area contributed by atoms with Crippen molar-refractivity contribution in [3.63, 3.8) is 0 Å². The van der Waals surface area contributed by atoms with E-state index in [-0.39, 0.29) is 11.2 Å². The molecule has 2 aromatic carbocycles. The molecule has 0 N–H and O–H groups in total. The summed E-state index contributed by atoms with van der Waals surface area (Å²) in [5.74, 6) is 0.477. The fourth-order valence-electron chi connectivity index (χ4n) is 5.80. The van der Waals surface area contributed by atoms with Crippen LogP contribution in [-0.2, 0) is 12.8 Å². The number of carbonyl (C=O) groups excluding carboxylic acids is 1. The van der Waals surface area contributed by atoms with Gasteiger partial charge in [0.1, 0.15) is 5.69 Å². The minimum absolute atomic E-state index is 0.0631. The van der Waals surface area contributed by atoms with Gasteiger partial charge in [0.2, 0.25) is 5.78 Å². The van der Waals surface area contributed by atoms with Crippen LogP contribution in [0.3, 0.4) is 0 Å². The minimum atomic E-state index is -0.405. The van der Waals surface area contributed by atoms with E-state index in [1.807, 2.05) is 18.2 Å². The molecule has 0 amide bonds. The topological polar surface area (TPSA) is 33.2 Å². The molecule has 1 aliphatic heterocycles. The van der Waals surface area contributed by atoms with Crippen LogP contribution in [0.5, 0.6) is 0 Å². The lowest BCUT2D eigenvalue weighted by atomic mass is 9.68. The zero-order chi connectivity index (χ0) is 26.5. The van der Waals surface area contributed by atoms with Crippen molar-refractivity contribution < 1.29 is 4.79 Å². The number of carbonyl (C=O) groups is 1. The summed E-state index contributed by atoms with van der Waals surface area (Å²) < 4.78 is 0. The Bertz CT molecular complexity index is 1300. The summed E-state index contributed by atoms with van der Waals surface area (Å²) >= 11 is 6.81. The van der Waals surface area contributed by atoms with E-state index in [0.29, 0.717) is 11.6 Å². The summed E-state index contributed by atoms with van der Waals surface area (Å²) in [5.41, 5.74) is 6.15. The predicted octanol–water partition coefficient (Wildman–Crippen LogP) is 7.80. The first-order valence-electron chi connectivity index (χ1n) is 13.5. The molecule has 2 aliphatic rings. The number of halogens is 1. The van der Waals surface area contributed by atoms with Crippen LogP contribution < -0.4 is 0 Å². The zero-order valence-electron chi connectivity index (χ0n) is 22.2. The van der Waals surface area contributed by atoms with Crippen molar-refractivity contribution in [3.05, 3.63) is 137 Å². The number of alkyl halides is 1. The maximum Gasteiger partial charge on any atom is 0.205 e. The molecule has 1 aliphatic carbocycles. The van der Waals surface area contributed by atoms with Crippen LogP contribution in [0.15, 0.2) is 120 Å². The third-order valence-electron chi connectivity index (χ3n) is 7.63. The van der Waals surface area contributed by atoms with Crippen LogP contribution >= 0.6 is 11.6 Å². The Morgan fingerprint density at radius 2 is 1.63 bits per heavy atom. The lowest BCUT2D eigenvalue weighted by Gasteiger charge is -2.37. The molecule has 0 spiro atoms. The SMILES string of the molecule is CC(C)CCN1C2=C(CC(Cl)C=C2)C(Cc2ccccc2)(Cc2ccccc2)/C1=C/C(=O)c1ccccn1. The lowest BCUT2D eigenvalue weighted by Crippen LogP contribution is -2.34. The monoisotopic (exact) mass is 522 g/mol. The Hall–Kier alpha value is -3.43. The number of benzene rings is 2. The summed E-state index contributed by atoms with van der Waals surface area (Å²) in [6.45, 7) is 5.35. The highest BCUT2D eigenvalue weighted by molar-refractivity contribution is 6.22. The highest BCUT2D eigenvalue weighted by Gasteiger charge is 2.49. The molecule has 3 nitrogen and oxygen atoms in total. The molecule has 3 aromatic rings. The second kappa shape index (κ2) is 11.5. The quantitative estimate of drug-likeness (QED) is 0.163. The fraction of sp³-hybridized carbons (Fsp3) is 0.294. The Labute approximate surface area is 231 Å². The largest absolute Gasteiger partial charge is 0.344 e. The molecule has 5 rings (SSSR count). The molecule has 1 unspecified atom stereocenters. The van der Waals surface area contributed by atoms with Gasteiger partial charge in [0.05, 0.1) is 5.38 Å². The number of nitrogens with zero attached hydrogens (tertiary/aromatic N) is 2. The fourth-order valence-corrected chi connectivity index (χ4v) is 6.02. The molecule has 0 bridgehead atoms. The van der Waals surface area contributed by atoms with Crippen molar-refractivity contribution in [2.24, 2.45) is 11.3 Å². The van der Waals surface area contributed by atoms with Gasteiger partial charge in [-0.1, -0.05) is 86.7 Å². The molecule has 0 radical (unpaired) electrons. The third kappa shape index (κ3) is 5.54. The number of rotatable bonds is 9. The third-order valence-corrected chi connectivity index (χ3v) is 7.93. The van der Waals surface area contributed by atoms with Gasteiger partial charge in [-0.3, -0.25) is 9.78 Å². The van der Waals surface area contributed by atoms with E-state index in [1.54, 1.807) is 12.3 Å². The second-order valence-electron chi connectivity index (χ2n) is 10.8. The van der Waals surface area contributed by atoms with Crippen LogP contribution in [-0.4, -0.2) is 27.6 Å². The van der Waals surface area contributed by atoms with Crippen molar-refractivity contribution in [1.82, 2.24) is 9.88 Å². The van der Waals surface area contributed by atoms with E-state index in [9.17, 15) is 4.79 Å². The van der Waals surface area contributed by atoms with Gasteiger partial charge in [0, 0.05) is 35.6 Å². The predicted molar refractivity (Wildman–Crippen MR) is 156 cm³/mol. The van der Waals surface area contributed by atoms with Crippen molar-refractivity contribution in [2.75, 3.05) is 6.54 Å². The highest BCUT2D eigenvalue weighted by Crippen LogP contribution is 2.55. The van der Waals surface area contributed by atoms with E-state index in [1.165, 1.54) is 22.4 Å². The van der Waals surface area contributed by atoms with E-state index in [0.717, 1.165) is 37.9 Å². The Kier molecular flexibility index (Phi) is 7.95. The van der Waals surface area contributed by atoms with E-state index >= 15 is 0 Å². The summed E-state index contributed by atoms with van der Waals surface area (Å²) in [5, 5.41) is -0.0718. The molecule has 38 heavy (non-hydrogen) atoms. The number of aromatic nitrogens is 1. The zero-order valence-corrected chi connectivity index (χ0v) is 22.9. The van der Waals surface area contributed by atoms with Crippen LogP contribution in [0.25, 0.3) is 0 Å². The molecule has 4 heteroatoms. The van der Waals surface area contributed by atoms with Gasteiger partial charge in [0.25, 0.3) is 0 Å².